The lowest BCUT2D eigenvalue weighted by atomic mass is 10.0. The van der Waals surface area contributed by atoms with E-state index in [-0.39, 0.29) is 17.8 Å². The van der Waals surface area contributed by atoms with Crippen LogP contribution in [-0.2, 0) is 6.42 Å². The van der Waals surface area contributed by atoms with Gasteiger partial charge in [-0.25, -0.2) is 8.78 Å². The minimum absolute atomic E-state index is 0.103. The molecule has 0 saturated heterocycles. The van der Waals surface area contributed by atoms with Gasteiger partial charge in [0.2, 0.25) is 0 Å². The van der Waals surface area contributed by atoms with E-state index in [9.17, 15) is 13.6 Å². The summed E-state index contributed by atoms with van der Waals surface area (Å²) in [7, 11) is 0. The average Bonchev–Trinajstić information content (AvgIpc) is 2.33. The lowest BCUT2D eigenvalue weighted by Crippen LogP contribution is -2.07. The van der Waals surface area contributed by atoms with Crippen molar-refractivity contribution in [2.24, 2.45) is 0 Å². The Balaban J connectivity index is 2.28. The van der Waals surface area contributed by atoms with E-state index in [2.05, 4.69) is 0 Å². The van der Waals surface area contributed by atoms with E-state index in [0.29, 0.717) is 14.2 Å². The van der Waals surface area contributed by atoms with Gasteiger partial charge in [0.15, 0.2) is 5.78 Å². The zero-order valence-electron chi connectivity index (χ0n) is 9.59. The smallest absolute Gasteiger partial charge is 0.168 e. The van der Waals surface area contributed by atoms with Crippen LogP contribution in [0.2, 0.25) is 5.02 Å². The van der Waals surface area contributed by atoms with Gasteiger partial charge < -0.3 is 0 Å². The number of Topliss-reactive ketones (excluding diaryl/α,β-unsaturated/α-hetero) is 1. The van der Waals surface area contributed by atoms with E-state index >= 15 is 0 Å². The monoisotopic (exact) mass is 392 g/mol. The summed E-state index contributed by atoms with van der Waals surface area (Å²) in [6.07, 6.45) is -0.103. The molecule has 2 rings (SSSR count). The second kappa shape index (κ2) is 5.96. The summed E-state index contributed by atoms with van der Waals surface area (Å²) in [6.45, 7) is 0. The first kappa shape index (κ1) is 14.4. The van der Waals surface area contributed by atoms with Crippen molar-refractivity contribution in [1.82, 2.24) is 0 Å². The summed E-state index contributed by atoms with van der Waals surface area (Å²) >= 11 is 7.65. The normalized spacial score (nSPS) is 10.5. The zero-order chi connectivity index (χ0) is 14.0. The molecule has 0 radical (unpaired) electrons. The lowest BCUT2D eigenvalue weighted by Gasteiger charge is -2.06. The topological polar surface area (TPSA) is 17.1 Å². The van der Waals surface area contributed by atoms with Crippen LogP contribution in [0.4, 0.5) is 8.78 Å². The van der Waals surface area contributed by atoms with Crippen molar-refractivity contribution >= 4 is 40.0 Å². The molecule has 2 aromatic rings. The highest BCUT2D eigenvalue weighted by molar-refractivity contribution is 14.1. The van der Waals surface area contributed by atoms with Crippen molar-refractivity contribution in [3.63, 3.8) is 0 Å². The fourth-order valence-corrected chi connectivity index (χ4v) is 2.64. The number of ketones is 1. The lowest BCUT2D eigenvalue weighted by molar-refractivity contribution is 0.0991. The number of halogens is 4. The van der Waals surface area contributed by atoms with Gasteiger partial charge in [-0.15, -0.1) is 0 Å². The average molecular weight is 393 g/mol. The summed E-state index contributed by atoms with van der Waals surface area (Å²) in [6, 6.07) is 7.95. The van der Waals surface area contributed by atoms with Gasteiger partial charge >= 0.3 is 0 Å². The number of carbonyl (C=O) groups is 1. The summed E-state index contributed by atoms with van der Waals surface area (Å²) in [4.78, 5) is 12.1. The van der Waals surface area contributed by atoms with E-state index in [4.69, 9.17) is 11.6 Å². The molecule has 19 heavy (non-hydrogen) atoms. The van der Waals surface area contributed by atoms with E-state index in [1.54, 1.807) is 0 Å². The SMILES string of the molecule is O=C(Cc1cc(Cl)ccc1F)c1ccc(F)cc1I. The predicted molar refractivity (Wildman–Crippen MR) is 78.6 cm³/mol. The van der Waals surface area contributed by atoms with E-state index in [1.807, 2.05) is 22.6 Å². The molecule has 0 amide bonds. The third kappa shape index (κ3) is 3.51. The van der Waals surface area contributed by atoms with Crippen LogP contribution in [0.5, 0.6) is 0 Å². The molecule has 0 saturated carbocycles. The summed E-state index contributed by atoms with van der Waals surface area (Å²) in [5.41, 5.74) is 0.610. The Hall–Kier alpha value is -1.01. The Bertz CT molecular complexity index is 643. The van der Waals surface area contributed by atoms with Crippen molar-refractivity contribution in [1.29, 1.82) is 0 Å². The van der Waals surface area contributed by atoms with Crippen molar-refractivity contribution in [2.45, 2.75) is 6.42 Å². The molecule has 0 heterocycles. The predicted octanol–water partition coefficient (Wildman–Crippen LogP) is 4.65. The molecule has 0 bridgehead atoms. The molecule has 0 unspecified atom stereocenters. The Morgan fingerprint density at radius 2 is 1.89 bits per heavy atom. The van der Waals surface area contributed by atoms with Crippen LogP contribution in [0.3, 0.4) is 0 Å². The molecule has 0 fully saturated rings. The molecule has 0 atom stereocenters. The van der Waals surface area contributed by atoms with Crippen molar-refractivity contribution in [3.05, 3.63) is 67.8 Å². The van der Waals surface area contributed by atoms with Gasteiger partial charge in [-0.2, -0.15) is 0 Å². The highest BCUT2D eigenvalue weighted by Crippen LogP contribution is 2.20. The highest BCUT2D eigenvalue weighted by Gasteiger charge is 2.14. The minimum Gasteiger partial charge on any atom is -0.294 e. The van der Waals surface area contributed by atoms with Crippen molar-refractivity contribution in [2.75, 3.05) is 0 Å². The van der Waals surface area contributed by atoms with Crippen LogP contribution in [0.25, 0.3) is 0 Å². The Labute approximate surface area is 127 Å². The van der Waals surface area contributed by atoms with Crippen LogP contribution in [0.1, 0.15) is 15.9 Å². The quantitative estimate of drug-likeness (QED) is 0.549. The summed E-state index contributed by atoms with van der Waals surface area (Å²) in [5, 5.41) is 0.373. The van der Waals surface area contributed by atoms with E-state index in [1.165, 1.54) is 36.4 Å². The van der Waals surface area contributed by atoms with Gasteiger partial charge in [-0.05, 0) is 64.6 Å². The Morgan fingerprint density at radius 3 is 2.58 bits per heavy atom. The standard InChI is InChI=1S/C14H8ClF2IO/c15-9-1-4-12(17)8(5-9)6-14(19)11-3-2-10(16)7-13(11)18/h1-5,7H,6H2. The number of hydrogen-bond donors (Lipinski definition) is 0. The van der Waals surface area contributed by atoms with Gasteiger partial charge in [0.05, 0.1) is 0 Å². The van der Waals surface area contributed by atoms with Gasteiger partial charge in [0, 0.05) is 20.6 Å². The minimum atomic E-state index is -0.477. The third-order valence-corrected chi connectivity index (χ3v) is 3.72. The molecule has 98 valence electrons. The first-order valence-electron chi connectivity index (χ1n) is 5.39. The highest BCUT2D eigenvalue weighted by atomic mass is 127. The molecule has 0 aliphatic carbocycles. The first-order chi connectivity index (χ1) is 8.97. The molecule has 0 N–H and O–H groups in total. The van der Waals surface area contributed by atoms with Crippen LogP contribution in [0, 0.1) is 15.2 Å². The number of rotatable bonds is 3. The number of hydrogen-bond acceptors (Lipinski definition) is 1. The molecular formula is C14H8ClF2IO. The summed E-state index contributed by atoms with van der Waals surface area (Å²) in [5.74, 6) is -1.16. The largest absolute Gasteiger partial charge is 0.294 e. The van der Waals surface area contributed by atoms with Crippen LogP contribution < -0.4 is 0 Å². The maximum absolute atomic E-state index is 13.5. The van der Waals surface area contributed by atoms with Gasteiger partial charge in [-0.1, -0.05) is 11.6 Å². The maximum Gasteiger partial charge on any atom is 0.168 e. The maximum atomic E-state index is 13.5. The van der Waals surface area contributed by atoms with Crippen LogP contribution in [0.15, 0.2) is 36.4 Å². The molecule has 0 aliphatic heterocycles. The van der Waals surface area contributed by atoms with Crippen molar-refractivity contribution < 1.29 is 13.6 Å². The fourth-order valence-electron chi connectivity index (χ4n) is 1.66. The molecular weight excluding hydrogens is 385 g/mol. The van der Waals surface area contributed by atoms with E-state index in [0.717, 1.165) is 0 Å². The van der Waals surface area contributed by atoms with Gasteiger partial charge in [0.1, 0.15) is 11.6 Å². The number of benzene rings is 2. The van der Waals surface area contributed by atoms with E-state index < -0.39 is 11.6 Å². The Morgan fingerprint density at radius 1 is 1.16 bits per heavy atom. The molecule has 5 heteroatoms. The second-order valence-corrected chi connectivity index (χ2v) is 5.56. The zero-order valence-corrected chi connectivity index (χ0v) is 12.5. The van der Waals surface area contributed by atoms with Crippen LogP contribution >= 0.6 is 34.2 Å². The molecule has 0 aliphatic rings. The molecule has 1 nitrogen and oxygen atoms in total. The Kier molecular flexibility index (Phi) is 4.52. The summed E-state index contributed by atoms with van der Waals surface area (Å²) < 4.78 is 27.0. The molecule has 0 spiro atoms. The van der Waals surface area contributed by atoms with Crippen LogP contribution in [-0.4, -0.2) is 5.78 Å². The third-order valence-electron chi connectivity index (χ3n) is 2.59. The fraction of sp³-hybridized carbons (Fsp3) is 0.0714. The van der Waals surface area contributed by atoms with Gasteiger partial charge in [0.25, 0.3) is 0 Å². The second-order valence-electron chi connectivity index (χ2n) is 3.96. The number of carbonyl (C=O) groups excluding carboxylic acids is 1. The van der Waals surface area contributed by atoms with Crippen molar-refractivity contribution in [3.8, 4) is 0 Å². The first-order valence-corrected chi connectivity index (χ1v) is 6.85. The molecule has 2 aromatic carbocycles. The van der Waals surface area contributed by atoms with Gasteiger partial charge in [-0.3, -0.25) is 4.79 Å². The molecule has 0 aromatic heterocycles.